The summed E-state index contributed by atoms with van der Waals surface area (Å²) < 4.78 is 0. The Balaban J connectivity index is 2.14. The number of likely N-dealkylation sites (N-methyl/N-ethyl adjacent to an activating group) is 1. The maximum atomic E-state index is 12.2. The van der Waals surface area contributed by atoms with Crippen LogP contribution in [0.25, 0.3) is 0 Å². The topological polar surface area (TPSA) is 66.6 Å². The molecule has 0 saturated carbocycles. The zero-order valence-corrected chi connectivity index (χ0v) is 10.7. The van der Waals surface area contributed by atoms with Crippen LogP contribution in [0.4, 0.5) is 11.4 Å². The van der Waals surface area contributed by atoms with Crippen molar-refractivity contribution in [3.8, 4) is 5.75 Å². The van der Waals surface area contributed by atoms with E-state index in [0.717, 1.165) is 5.69 Å². The molecule has 0 spiro atoms. The summed E-state index contributed by atoms with van der Waals surface area (Å²) >= 11 is 0. The highest BCUT2D eigenvalue weighted by Gasteiger charge is 2.13. The van der Waals surface area contributed by atoms with Crippen LogP contribution >= 0.6 is 0 Å². The average Bonchev–Trinajstić information content (AvgIpc) is 2.40. The minimum Gasteiger partial charge on any atom is -0.508 e. The van der Waals surface area contributed by atoms with E-state index in [4.69, 9.17) is 5.73 Å². The molecule has 0 heterocycles. The first-order chi connectivity index (χ1) is 9.08. The van der Waals surface area contributed by atoms with Gasteiger partial charge in [0, 0.05) is 24.0 Å². The lowest BCUT2D eigenvalue weighted by Crippen LogP contribution is -2.27. The van der Waals surface area contributed by atoms with Crippen molar-refractivity contribution in [2.75, 3.05) is 17.7 Å². The van der Waals surface area contributed by atoms with Gasteiger partial charge in [-0.15, -0.1) is 0 Å². The van der Waals surface area contributed by atoms with Gasteiger partial charge in [-0.2, -0.15) is 0 Å². The molecule has 98 valence electrons. The lowest BCUT2D eigenvalue weighted by molar-refractivity contribution is -0.117. The number of para-hydroxylation sites is 1. The first-order valence-electron chi connectivity index (χ1n) is 5.97. The minimum atomic E-state index is -0.105. The molecule has 0 fully saturated rings. The van der Waals surface area contributed by atoms with E-state index in [-0.39, 0.29) is 18.1 Å². The first kappa shape index (κ1) is 13.0. The molecule has 3 N–H and O–H groups in total. The summed E-state index contributed by atoms with van der Waals surface area (Å²) in [4.78, 5) is 13.7. The van der Waals surface area contributed by atoms with Crippen molar-refractivity contribution in [1.29, 1.82) is 0 Å². The van der Waals surface area contributed by atoms with E-state index >= 15 is 0 Å². The second-order valence-electron chi connectivity index (χ2n) is 4.35. The van der Waals surface area contributed by atoms with Crippen molar-refractivity contribution < 1.29 is 9.90 Å². The molecule has 0 aromatic heterocycles. The zero-order valence-electron chi connectivity index (χ0n) is 10.7. The van der Waals surface area contributed by atoms with Crippen LogP contribution in [0, 0.1) is 0 Å². The van der Waals surface area contributed by atoms with E-state index < -0.39 is 0 Å². The Morgan fingerprint density at radius 3 is 2.63 bits per heavy atom. The largest absolute Gasteiger partial charge is 0.508 e. The standard InChI is InChI=1S/C15H16N2O2/c1-17(13-7-4-6-12(16)10-13)15(19)9-11-5-2-3-8-14(11)18/h2-8,10,18H,9,16H2,1H3. The molecule has 19 heavy (non-hydrogen) atoms. The highest BCUT2D eigenvalue weighted by molar-refractivity contribution is 5.94. The van der Waals surface area contributed by atoms with Crippen molar-refractivity contribution in [3.63, 3.8) is 0 Å². The molecule has 2 rings (SSSR count). The second-order valence-corrected chi connectivity index (χ2v) is 4.35. The van der Waals surface area contributed by atoms with Crippen LogP contribution in [0.5, 0.6) is 5.75 Å². The Morgan fingerprint density at radius 2 is 1.95 bits per heavy atom. The van der Waals surface area contributed by atoms with Crippen LogP contribution in [-0.2, 0) is 11.2 Å². The molecule has 4 heteroatoms. The van der Waals surface area contributed by atoms with Crippen LogP contribution in [0.3, 0.4) is 0 Å². The highest BCUT2D eigenvalue weighted by atomic mass is 16.3. The van der Waals surface area contributed by atoms with Gasteiger partial charge in [0.25, 0.3) is 0 Å². The summed E-state index contributed by atoms with van der Waals surface area (Å²) in [5.41, 5.74) is 7.66. The average molecular weight is 256 g/mol. The molecule has 2 aromatic rings. The van der Waals surface area contributed by atoms with Crippen LogP contribution in [-0.4, -0.2) is 18.1 Å². The number of rotatable bonds is 3. The van der Waals surface area contributed by atoms with E-state index in [9.17, 15) is 9.90 Å². The van der Waals surface area contributed by atoms with Gasteiger partial charge in [0.15, 0.2) is 0 Å². The number of hydrogen-bond donors (Lipinski definition) is 2. The quantitative estimate of drug-likeness (QED) is 0.827. The Bertz CT molecular complexity index is 596. The van der Waals surface area contributed by atoms with Gasteiger partial charge in [-0.3, -0.25) is 4.79 Å². The van der Waals surface area contributed by atoms with E-state index in [1.807, 2.05) is 6.07 Å². The van der Waals surface area contributed by atoms with Gasteiger partial charge < -0.3 is 15.7 Å². The smallest absolute Gasteiger partial charge is 0.231 e. The van der Waals surface area contributed by atoms with Crippen LogP contribution in [0.1, 0.15) is 5.56 Å². The van der Waals surface area contributed by atoms with Crippen molar-refractivity contribution in [3.05, 3.63) is 54.1 Å². The molecule has 0 aliphatic carbocycles. The van der Waals surface area contributed by atoms with Gasteiger partial charge in [-0.1, -0.05) is 24.3 Å². The molecule has 0 bridgehead atoms. The maximum absolute atomic E-state index is 12.2. The summed E-state index contributed by atoms with van der Waals surface area (Å²) in [7, 11) is 1.69. The monoisotopic (exact) mass is 256 g/mol. The van der Waals surface area contributed by atoms with Crippen molar-refractivity contribution in [2.24, 2.45) is 0 Å². The summed E-state index contributed by atoms with van der Waals surface area (Å²) in [6.45, 7) is 0. The molecule has 0 radical (unpaired) electrons. The normalized spacial score (nSPS) is 10.2. The highest BCUT2D eigenvalue weighted by Crippen LogP contribution is 2.20. The third kappa shape index (κ3) is 3.04. The number of carbonyl (C=O) groups is 1. The predicted octanol–water partition coefficient (Wildman–Crippen LogP) is 2.18. The number of phenolic OH excluding ortho intramolecular Hbond substituents is 1. The fourth-order valence-corrected chi connectivity index (χ4v) is 1.82. The molecule has 2 aromatic carbocycles. The number of hydrogen-bond acceptors (Lipinski definition) is 3. The van der Waals surface area contributed by atoms with Gasteiger partial charge in [0.05, 0.1) is 6.42 Å². The Morgan fingerprint density at radius 1 is 1.21 bits per heavy atom. The van der Waals surface area contributed by atoms with E-state index in [1.54, 1.807) is 49.5 Å². The SMILES string of the molecule is CN(C(=O)Cc1ccccc1O)c1cccc(N)c1. The molecule has 4 nitrogen and oxygen atoms in total. The number of carbonyl (C=O) groups excluding carboxylic acids is 1. The number of phenols is 1. The van der Waals surface area contributed by atoms with Crippen LogP contribution in [0.2, 0.25) is 0 Å². The summed E-state index contributed by atoms with van der Waals surface area (Å²) in [5, 5.41) is 9.67. The lowest BCUT2D eigenvalue weighted by atomic mass is 10.1. The van der Waals surface area contributed by atoms with Gasteiger partial charge in [0.2, 0.25) is 5.91 Å². The molecule has 0 saturated heterocycles. The van der Waals surface area contributed by atoms with Gasteiger partial charge in [-0.25, -0.2) is 0 Å². The number of nitrogens with two attached hydrogens (primary N) is 1. The molecule has 0 unspecified atom stereocenters. The lowest BCUT2D eigenvalue weighted by Gasteiger charge is -2.18. The maximum Gasteiger partial charge on any atom is 0.231 e. The summed E-state index contributed by atoms with van der Waals surface area (Å²) in [6.07, 6.45) is 0.151. The Hall–Kier alpha value is -2.49. The van der Waals surface area contributed by atoms with E-state index in [1.165, 1.54) is 4.90 Å². The molecule has 0 aliphatic rings. The third-order valence-corrected chi connectivity index (χ3v) is 2.96. The Kier molecular flexibility index (Phi) is 3.71. The number of benzene rings is 2. The zero-order chi connectivity index (χ0) is 13.8. The number of nitrogens with zero attached hydrogens (tertiary/aromatic N) is 1. The predicted molar refractivity (Wildman–Crippen MR) is 76.1 cm³/mol. The van der Waals surface area contributed by atoms with Crippen molar-refractivity contribution >= 4 is 17.3 Å². The fraction of sp³-hybridized carbons (Fsp3) is 0.133. The number of amides is 1. The molecule has 0 atom stereocenters. The fourth-order valence-electron chi connectivity index (χ4n) is 1.82. The van der Waals surface area contributed by atoms with Crippen LogP contribution in [0.15, 0.2) is 48.5 Å². The molecular formula is C15H16N2O2. The van der Waals surface area contributed by atoms with Gasteiger partial charge in [0.1, 0.15) is 5.75 Å². The summed E-state index contributed by atoms with van der Waals surface area (Å²) in [6, 6.07) is 14.0. The molecule has 1 amide bonds. The number of nitrogen functional groups attached to an aromatic ring is 1. The number of aromatic hydroxyl groups is 1. The third-order valence-electron chi connectivity index (χ3n) is 2.96. The van der Waals surface area contributed by atoms with Crippen molar-refractivity contribution in [1.82, 2.24) is 0 Å². The van der Waals surface area contributed by atoms with Crippen LogP contribution < -0.4 is 10.6 Å². The minimum absolute atomic E-state index is 0.105. The Labute approximate surface area is 112 Å². The summed E-state index contributed by atoms with van der Waals surface area (Å²) in [5.74, 6) is 0.0314. The van der Waals surface area contributed by atoms with Gasteiger partial charge >= 0.3 is 0 Å². The second kappa shape index (κ2) is 5.44. The van der Waals surface area contributed by atoms with Crippen molar-refractivity contribution in [2.45, 2.75) is 6.42 Å². The van der Waals surface area contributed by atoms with E-state index in [2.05, 4.69) is 0 Å². The van der Waals surface area contributed by atoms with E-state index in [0.29, 0.717) is 11.3 Å². The molecule has 0 aliphatic heterocycles. The molecular weight excluding hydrogens is 240 g/mol. The van der Waals surface area contributed by atoms with Gasteiger partial charge in [-0.05, 0) is 24.3 Å². The number of anilines is 2. The first-order valence-corrected chi connectivity index (χ1v) is 5.97.